The van der Waals surface area contributed by atoms with Crippen molar-refractivity contribution in [1.82, 2.24) is 24.2 Å². The van der Waals surface area contributed by atoms with E-state index in [1.807, 2.05) is 11.8 Å². The van der Waals surface area contributed by atoms with Crippen molar-refractivity contribution in [2.75, 3.05) is 18.0 Å². The summed E-state index contributed by atoms with van der Waals surface area (Å²) in [6.45, 7) is 6.48. The van der Waals surface area contributed by atoms with Crippen LogP contribution < -0.4 is 10.2 Å². The summed E-state index contributed by atoms with van der Waals surface area (Å²) in [5.41, 5.74) is 1.09. The fraction of sp³-hybridized carbons (Fsp3) is 0.571. The fourth-order valence-electron chi connectivity index (χ4n) is 3.22. The Kier molecular flexibility index (Phi) is 3.23. The van der Waals surface area contributed by atoms with Crippen LogP contribution in [0.2, 0.25) is 0 Å². The van der Waals surface area contributed by atoms with E-state index in [2.05, 4.69) is 26.2 Å². The van der Waals surface area contributed by atoms with Gasteiger partial charge in [0.2, 0.25) is 5.91 Å². The highest BCUT2D eigenvalue weighted by Crippen LogP contribution is 2.35. The van der Waals surface area contributed by atoms with E-state index < -0.39 is 0 Å². The number of aromatic nitrogens is 4. The first-order chi connectivity index (χ1) is 10.6. The third-order valence-electron chi connectivity index (χ3n) is 4.23. The molecule has 0 aromatic carbocycles. The lowest BCUT2D eigenvalue weighted by atomic mass is 10.2. The topological polar surface area (TPSA) is 75.9 Å². The number of amides is 1. The molecule has 1 amide bonds. The molecule has 7 nitrogen and oxygen atoms in total. The Morgan fingerprint density at radius 2 is 2.18 bits per heavy atom. The molecule has 4 heterocycles. The van der Waals surface area contributed by atoms with Gasteiger partial charge in [-0.15, -0.1) is 0 Å². The molecule has 1 fully saturated rings. The molecule has 8 heteroatoms. The SMILES string of the molecule is Cc1nsc(-c2nc(N3CCCC3=O)c3n2CCN[C@@H]3C)n1. The van der Waals surface area contributed by atoms with Crippen LogP contribution in [0.1, 0.15) is 37.3 Å². The van der Waals surface area contributed by atoms with Crippen LogP contribution >= 0.6 is 11.5 Å². The second kappa shape index (κ2) is 5.13. The zero-order valence-corrected chi connectivity index (χ0v) is 13.5. The minimum atomic E-state index is 0.165. The average Bonchev–Trinajstić information content (AvgIpc) is 3.17. The number of hydrogen-bond acceptors (Lipinski definition) is 6. The molecular weight excluding hydrogens is 300 g/mol. The summed E-state index contributed by atoms with van der Waals surface area (Å²) < 4.78 is 6.46. The van der Waals surface area contributed by atoms with E-state index in [4.69, 9.17) is 4.98 Å². The van der Waals surface area contributed by atoms with Gasteiger partial charge >= 0.3 is 0 Å². The molecule has 22 heavy (non-hydrogen) atoms. The molecule has 2 aliphatic rings. The number of imidazole rings is 1. The summed E-state index contributed by atoms with van der Waals surface area (Å²) in [4.78, 5) is 23.2. The van der Waals surface area contributed by atoms with Gasteiger partial charge in [0.15, 0.2) is 16.6 Å². The summed E-state index contributed by atoms with van der Waals surface area (Å²) >= 11 is 1.37. The van der Waals surface area contributed by atoms with Gasteiger partial charge in [0.05, 0.1) is 5.69 Å². The highest BCUT2D eigenvalue weighted by atomic mass is 32.1. The van der Waals surface area contributed by atoms with Gasteiger partial charge in [0, 0.05) is 32.1 Å². The van der Waals surface area contributed by atoms with E-state index in [1.165, 1.54) is 11.5 Å². The normalized spacial score (nSPS) is 21.5. The summed E-state index contributed by atoms with van der Waals surface area (Å²) in [5.74, 6) is 2.56. The third-order valence-corrected chi connectivity index (χ3v) is 5.03. The molecule has 0 unspecified atom stereocenters. The van der Waals surface area contributed by atoms with E-state index in [1.54, 1.807) is 0 Å². The lowest BCUT2D eigenvalue weighted by Gasteiger charge is -2.26. The molecule has 0 bridgehead atoms. The lowest BCUT2D eigenvalue weighted by Crippen LogP contribution is -2.34. The van der Waals surface area contributed by atoms with Gasteiger partial charge in [-0.05, 0) is 31.8 Å². The standard InChI is InChI=1S/C14H18N6OS/c1-8-11-12(19-6-3-4-10(19)21)17-13(20(11)7-5-15-8)14-16-9(2)18-22-14/h8,15H,3-7H2,1-2H3/t8-/m1/s1. The molecule has 4 rings (SSSR count). The van der Waals surface area contributed by atoms with E-state index in [-0.39, 0.29) is 11.9 Å². The first-order valence-electron chi connectivity index (χ1n) is 7.60. The van der Waals surface area contributed by atoms with Gasteiger partial charge in [-0.2, -0.15) is 4.37 Å². The molecule has 2 aromatic heterocycles. The van der Waals surface area contributed by atoms with Crippen LogP contribution in [0, 0.1) is 6.92 Å². The smallest absolute Gasteiger partial charge is 0.228 e. The number of hydrogen-bond donors (Lipinski definition) is 1. The van der Waals surface area contributed by atoms with Gasteiger partial charge in [-0.1, -0.05) is 0 Å². The predicted molar refractivity (Wildman–Crippen MR) is 83.9 cm³/mol. The maximum Gasteiger partial charge on any atom is 0.228 e. The van der Waals surface area contributed by atoms with E-state index in [0.29, 0.717) is 6.42 Å². The Hall–Kier alpha value is -1.80. The molecular formula is C14H18N6OS. The number of anilines is 1. The van der Waals surface area contributed by atoms with Gasteiger partial charge in [-0.3, -0.25) is 9.69 Å². The van der Waals surface area contributed by atoms with Crippen molar-refractivity contribution in [2.45, 2.75) is 39.3 Å². The van der Waals surface area contributed by atoms with Crippen LogP contribution in [0.25, 0.3) is 10.8 Å². The number of fused-ring (bicyclic) bond motifs is 1. The Labute approximate surface area is 132 Å². The monoisotopic (exact) mass is 318 g/mol. The van der Waals surface area contributed by atoms with Crippen LogP contribution in [-0.4, -0.2) is 37.9 Å². The highest BCUT2D eigenvalue weighted by Gasteiger charge is 2.33. The number of rotatable bonds is 2. The summed E-state index contributed by atoms with van der Waals surface area (Å²) in [6.07, 6.45) is 1.52. The molecule has 1 saturated heterocycles. The van der Waals surface area contributed by atoms with Crippen LogP contribution in [0.4, 0.5) is 5.82 Å². The largest absolute Gasteiger partial charge is 0.321 e. The molecule has 2 aliphatic heterocycles. The molecule has 0 spiro atoms. The van der Waals surface area contributed by atoms with Crippen LogP contribution in [0.5, 0.6) is 0 Å². The summed E-state index contributed by atoms with van der Waals surface area (Å²) in [5, 5.41) is 4.28. The van der Waals surface area contributed by atoms with Gasteiger partial charge < -0.3 is 9.88 Å². The first-order valence-corrected chi connectivity index (χ1v) is 8.37. The predicted octanol–water partition coefficient (Wildman–Crippen LogP) is 1.50. The zero-order valence-electron chi connectivity index (χ0n) is 12.7. The van der Waals surface area contributed by atoms with Crippen molar-refractivity contribution >= 4 is 23.3 Å². The molecule has 0 radical (unpaired) electrons. The van der Waals surface area contributed by atoms with E-state index >= 15 is 0 Å². The van der Waals surface area contributed by atoms with Crippen molar-refractivity contribution in [3.05, 3.63) is 11.5 Å². The quantitative estimate of drug-likeness (QED) is 0.908. The molecule has 1 atom stereocenters. The van der Waals surface area contributed by atoms with Crippen molar-refractivity contribution < 1.29 is 4.79 Å². The lowest BCUT2D eigenvalue weighted by molar-refractivity contribution is -0.117. The van der Waals surface area contributed by atoms with Crippen LogP contribution in [-0.2, 0) is 11.3 Å². The Morgan fingerprint density at radius 1 is 1.32 bits per heavy atom. The Balaban J connectivity index is 1.88. The first kappa shape index (κ1) is 13.8. The Morgan fingerprint density at radius 3 is 2.86 bits per heavy atom. The van der Waals surface area contributed by atoms with Gasteiger partial charge in [0.25, 0.3) is 0 Å². The second-order valence-corrected chi connectivity index (χ2v) is 6.52. The highest BCUT2D eigenvalue weighted by molar-refractivity contribution is 7.09. The van der Waals surface area contributed by atoms with Crippen molar-refractivity contribution in [1.29, 1.82) is 0 Å². The number of carbonyl (C=O) groups excluding carboxylic acids is 1. The maximum atomic E-state index is 12.1. The maximum absolute atomic E-state index is 12.1. The number of nitrogens with zero attached hydrogens (tertiary/aromatic N) is 5. The molecule has 0 saturated carbocycles. The van der Waals surface area contributed by atoms with Crippen LogP contribution in [0.15, 0.2) is 0 Å². The van der Waals surface area contributed by atoms with Crippen molar-refractivity contribution in [3.8, 4) is 10.8 Å². The molecule has 0 aliphatic carbocycles. The van der Waals surface area contributed by atoms with Gasteiger partial charge in [0.1, 0.15) is 5.82 Å². The third kappa shape index (κ3) is 2.05. The van der Waals surface area contributed by atoms with Crippen LogP contribution in [0.3, 0.4) is 0 Å². The number of carbonyl (C=O) groups is 1. The summed E-state index contributed by atoms with van der Waals surface area (Å²) in [7, 11) is 0. The van der Waals surface area contributed by atoms with Gasteiger partial charge in [-0.25, -0.2) is 9.97 Å². The number of aryl methyl sites for hydroxylation is 1. The Bertz CT molecular complexity index is 736. The zero-order chi connectivity index (χ0) is 15.3. The summed E-state index contributed by atoms with van der Waals surface area (Å²) in [6, 6.07) is 0.174. The fourth-order valence-corrected chi connectivity index (χ4v) is 3.89. The van der Waals surface area contributed by atoms with E-state index in [9.17, 15) is 4.79 Å². The average molecular weight is 318 g/mol. The minimum Gasteiger partial charge on any atom is -0.321 e. The van der Waals surface area contributed by atoms with Crippen molar-refractivity contribution in [2.24, 2.45) is 0 Å². The minimum absolute atomic E-state index is 0.165. The number of nitrogens with one attached hydrogen (secondary N) is 1. The molecule has 2 aromatic rings. The molecule has 116 valence electrons. The van der Waals surface area contributed by atoms with Crippen molar-refractivity contribution in [3.63, 3.8) is 0 Å². The van der Waals surface area contributed by atoms with E-state index in [0.717, 1.165) is 54.2 Å². The second-order valence-electron chi connectivity index (χ2n) is 5.77. The molecule has 1 N–H and O–H groups in total.